The van der Waals surface area contributed by atoms with Crippen molar-refractivity contribution < 1.29 is 9.90 Å². The van der Waals surface area contributed by atoms with Crippen LogP contribution >= 0.6 is 0 Å². The maximum Gasteiger partial charge on any atom is 0.335 e. The number of aryl methyl sites for hydroxylation is 2. The van der Waals surface area contributed by atoms with Crippen molar-refractivity contribution in [1.29, 1.82) is 0 Å². The first-order valence-electron chi connectivity index (χ1n) is 11.1. The first-order valence-corrected chi connectivity index (χ1v) is 11.1. The largest absolute Gasteiger partial charge is 0.478 e. The minimum Gasteiger partial charge on any atom is -0.478 e. The molecule has 0 spiro atoms. The number of carbonyl (C=O) groups is 1. The molecule has 0 unspecified atom stereocenters. The molecule has 0 atom stereocenters. The highest BCUT2D eigenvalue weighted by molar-refractivity contribution is 5.95. The van der Waals surface area contributed by atoms with Gasteiger partial charge in [0.05, 0.1) is 5.56 Å². The molecule has 0 aliphatic rings. The monoisotopic (exact) mass is 411 g/mol. The first-order chi connectivity index (χ1) is 15.1. The molecule has 3 nitrogen and oxygen atoms in total. The van der Waals surface area contributed by atoms with E-state index in [-0.39, 0.29) is 5.92 Å². The number of hydrogen-bond acceptors (Lipinski definition) is 1. The lowest BCUT2D eigenvalue weighted by Gasteiger charge is -2.19. The van der Waals surface area contributed by atoms with Crippen LogP contribution in [-0.2, 0) is 12.8 Å². The Kier molecular flexibility index (Phi) is 6.22. The van der Waals surface area contributed by atoms with E-state index < -0.39 is 5.97 Å². The summed E-state index contributed by atoms with van der Waals surface area (Å²) in [5.41, 5.74) is 7.48. The van der Waals surface area contributed by atoms with Gasteiger partial charge < -0.3 is 10.1 Å². The van der Waals surface area contributed by atoms with E-state index in [4.69, 9.17) is 0 Å². The molecule has 4 aromatic rings. The van der Waals surface area contributed by atoms with E-state index in [9.17, 15) is 9.90 Å². The second-order valence-electron chi connectivity index (χ2n) is 8.23. The van der Waals surface area contributed by atoms with Gasteiger partial charge in [0, 0.05) is 23.0 Å². The molecule has 158 valence electrons. The van der Waals surface area contributed by atoms with Crippen molar-refractivity contribution in [2.45, 2.75) is 45.4 Å². The van der Waals surface area contributed by atoms with Crippen LogP contribution in [0, 0.1) is 0 Å². The molecule has 0 bridgehead atoms. The molecule has 0 radical (unpaired) electrons. The Balaban J connectivity index is 1.85. The summed E-state index contributed by atoms with van der Waals surface area (Å²) in [5, 5.41) is 10.5. The first kappa shape index (κ1) is 20.9. The number of H-pyrrole nitrogens is 1. The summed E-state index contributed by atoms with van der Waals surface area (Å²) in [7, 11) is 0. The van der Waals surface area contributed by atoms with Crippen LogP contribution in [0.2, 0.25) is 0 Å². The predicted molar refractivity (Wildman–Crippen MR) is 127 cm³/mol. The second kappa shape index (κ2) is 9.22. The molecular formula is C28H29NO2. The quantitative estimate of drug-likeness (QED) is 0.329. The van der Waals surface area contributed by atoms with Crippen LogP contribution < -0.4 is 0 Å². The Labute approximate surface area is 183 Å². The zero-order valence-corrected chi connectivity index (χ0v) is 18.2. The Morgan fingerprint density at radius 2 is 1.39 bits per heavy atom. The van der Waals surface area contributed by atoms with Crippen LogP contribution in [0.25, 0.3) is 10.9 Å². The maximum absolute atomic E-state index is 11.6. The van der Waals surface area contributed by atoms with Gasteiger partial charge in [-0.2, -0.15) is 0 Å². The third-order valence-electron chi connectivity index (χ3n) is 5.98. The highest BCUT2D eigenvalue weighted by Gasteiger charge is 2.21. The zero-order chi connectivity index (χ0) is 21.8. The average Bonchev–Trinajstić information content (AvgIpc) is 3.20. The molecule has 0 saturated heterocycles. The summed E-state index contributed by atoms with van der Waals surface area (Å²) in [6.45, 7) is 4.39. The molecule has 3 aromatic carbocycles. The molecule has 2 N–H and O–H groups in total. The average molecular weight is 412 g/mol. The SMILES string of the molecule is CCCc1ccc(C(c2ccc(CCC)cc2)c2c[nH]c3ccc(C(=O)O)cc23)cc1. The Bertz CT molecular complexity index is 1120. The summed E-state index contributed by atoms with van der Waals surface area (Å²) in [5.74, 6) is -0.873. The van der Waals surface area contributed by atoms with Crippen molar-refractivity contribution in [3.63, 3.8) is 0 Å². The van der Waals surface area contributed by atoms with Crippen LogP contribution in [-0.4, -0.2) is 16.1 Å². The van der Waals surface area contributed by atoms with Gasteiger partial charge in [0.1, 0.15) is 0 Å². The Morgan fingerprint density at radius 1 is 0.839 bits per heavy atom. The van der Waals surface area contributed by atoms with Crippen LogP contribution in [0.3, 0.4) is 0 Å². The lowest BCUT2D eigenvalue weighted by atomic mass is 9.84. The molecule has 1 heterocycles. The number of fused-ring (bicyclic) bond motifs is 1. The van der Waals surface area contributed by atoms with E-state index in [0.717, 1.165) is 42.1 Å². The van der Waals surface area contributed by atoms with Crippen molar-refractivity contribution >= 4 is 16.9 Å². The van der Waals surface area contributed by atoms with E-state index in [1.54, 1.807) is 12.1 Å². The van der Waals surface area contributed by atoms with Gasteiger partial charge in [-0.25, -0.2) is 4.79 Å². The molecule has 0 amide bonds. The lowest BCUT2D eigenvalue weighted by molar-refractivity contribution is 0.0697. The van der Waals surface area contributed by atoms with Crippen molar-refractivity contribution in [3.8, 4) is 0 Å². The summed E-state index contributed by atoms with van der Waals surface area (Å²) in [4.78, 5) is 14.9. The van der Waals surface area contributed by atoms with Gasteiger partial charge in [0.25, 0.3) is 0 Å². The zero-order valence-electron chi connectivity index (χ0n) is 18.2. The minimum absolute atomic E-state index is 0.0316. The van der Waals surface area contributed by atoms with E-state index >= 15 is 0 Å². The molecule has 4 rings (SSSR count). The van der Waals surface area contributed by atoms with Crippen molar-refractivity contribution in [2.24, 2.45) is 0 Å². The molecule has 0 aliphatic carbocycles. The predicted octanol–water partition coefficient (Wildman–Crippen LogP) is 6.95. The fourth-order valence-electron chi connectivity index (χ4n) is 4.40. The third kappa shape index (κ3) is 4.41. The smallest absolute Gasteiger partial charge is 0.335 e. The Morgan fingerprint density at radius 3 is 1.87 bits per heavy atom. The summed E-state index contributed by atoms with van der Waals surface area (Å²) < 4.78 is 0. The van der Waals surface area contributed by atoms with Crippen molar-refractivity contribution in [1.82, 2.24) is 4.98 Å². The van der Waals surface area contributed by atoms with Crippen molar-refractivity contribution in [2.75, 3.05) is 0 Å². The van der Waals surface area contributed by atoms with Gasteiger partial charge in [-0.15, -0.1) is 0 Å². The van der Waals surface area contributed by atoms with E-state index in [1.165, 1.54) is 22.3 Å². The normalized spacial score (nSPS) is 11.3. The van der Waals surface area contributed by atoms with Gasteiger partial charge in [-0.1, -0.05) is 75.2 Å². The molecular weight excluding hydrogens is 382 g/mol. The fourth-order valence-corrected chi connectivity index (χ4v) is 4.40. The number of carboxylic acid groups (broad SMARTS) is 1. The third-order valence-corrected chi connectivity index (χ3v) is 5.98. The fraction of sp³-hybridized carbons (Fsp3) is 0.250. The molecule has 0 saturated carbocycles. The standard InChI is InChI=1S/C28H29NO2/c1-3-5-19-7-11-21(12-8-19)27(22-13-9-20(6-4-2)10-14-22)25-18-29-26-16-15-23(28(30)31)17-24(25)26/h7-18,27,29H,3-6H2,1-2H3,(H,30,31). The van der Waals surface area contributed by atoms with Crippen LogP contribution in [0.1, 0.15) is 70.8 Å². The van der Waals surface area contributed by atoms with Gasteiger partial charge in [0.2, 0.25) is 0 Å². The van der Waals surface area contributed by atoms with Crippen LogP contribution in [0.4, 0.5) is 0 Å². The van der Waals surface area contributed by atoms with Crippen LogP contribution in [0.15, 0.2) is 72.9 Å². The van der Waals surface area contributed by atoms with Gasteiger partial charge in [-0.05, 0) is 58.9 Å². The Hall–Kier alpha value is -3.33. The second-order valence-corrected chi connectivity index (χ2v) is 8.23. The minimum atomic E-state index is -0.904. The van der Waals surface area contributed by atoms with E-state index in [0.29, 0.717) is 5.56 Å². The number of nitrogens with one attached hydrogen (secondary N) is 1. The lowest BCUT2D eigenvalue weighted by Crippen LogP contribution is -2.04. The number of rotatable bonds is 8. The number of aromatic nitrogens is 1. The van der Waals surface area contributed by atoms with Crippen LogP contribution in [0.5, 0.6) is 0 Å². The number of aromatic carboxylic acids is 1. The summed E-state index contributed by atoms with van der Waals surface area (Å²) >= 11 is 0. The summed E-state index contributed by atoms with van der Waals surface area (Å²) in [6.07, 6.45) is 6.43. The number of hydrogen-bond donors (Lipinski definition) is 2. The van der Waals surface area contributed by atoms with Gasteiger partial charge in [-0.3, -0.25) is 0 Å². The number of benzene rings is 3. The molecule has 31 heavy (non-hydrogen) atoms. The maximum atomic E-state index is 11.6. The highest BCUT2D eigenvalue weighted by atomic mass is 16.4. The van der Waals surface area contributed by atoms with Gasteiger partial charge >= 0.3 is 5.97 Å². The van der Waals surface area contributed by atoms with Crippen molar-refractivity contribution in [3.05, 3.63) is 106 Å². The molecule has 1 aromatic heterocycles. The van der Waals surface area contributed by atoms with Gasteiger partial charge in [0.15, 0.2) is 0 Å². The summed E-state index contributed by atoms with van der Waals surface area (Å²) in [6, 6.07) is 23.0. The number of carboxylic acids is 1. The molecule has 3 heteroatoms. The van der Waals surface area contributed by atoms with E-state index in [1.807, 2.05) is 12.3 Å². The topological polar surface area (TPSA) is 53.1 Å². The highest BCUT2D eigenvalue weighted by Crippen LogP contribution is 2.37. The number of aromatic amines is 1. The molecule has 0 fully saturated rings. The molecule has 0 aliphatic heterocycles. The van der Waals surface area contributed by atoms with E-state index in [2.05, 4.69) is 67.4 Å².